The Bertz CT molecular complexity index is 471. The minimum absolute atomic E-state index is 0.0180. The summed E-state index contributed by atoms with van der Waals surface area (Å²) in [5.41, 5.74) is 1.06. The lowest BCUT2D eigenvalue weighted by atomic mass is 9.83. The molecule has 0 aromatic heterocycles. The summed E-state index contributed by atoms with van der Waals surface area (Å²) in [5.74, 6) is -2.11. The van der Waals surface area contributed by atoms with Gasteiger partial charge in [0.1, 0.15) is 12.4 Å². The fraction of sp³-hybridized carbons (Fsp3) is 0.625. The van der Waals surface area contributed by atoms with E-state index in [-0.39, 0.29) is 18.4 Å². The smallest absolute Gasteiger partial charge is 0.270 e. The van der Waals surface area contributed by atoms with Gasteiger partial charge in [0.15, 0.2) is 0 Å². The summed E-state index contributed by atoms with van der Waals surface area (Å²) < 4.78 is 33.4. The van der Waals surface area contributed by atoms with Crippen LogP contribution in [0.3, 0.4) is 0 Å². The first-order valence-corrected chi connectivity index (χ1v) is 8.11. The highest BCUT2D eigenvalue weighted by atomic mass is 79.9. The highest BCUT2D eigenvalue weighted by Crippen LogP contribution is 2.35. The zero-order valence-corrected chi connectivity index (χ0v) is 13.7. The third-order valence-electron chi connectivity index (χ3n) is 4.12. The zero-order chi connectivity index (χ0) is 15.5. The SMILES string of the molecule is Cc1c(Br)cccc1OC1CCC(CC(F)(F)CO)CC1. The molecular weight excluding hydrogens is 342 g/mol. The minimum Gasteiger partial charge on any atom is -0.490 e. The van der Waals surface area contributed by atoms with Gasteiger partial charge in [-0.1, -0.05) is 22.0 Å². The van der Waals surface area contributed by atoms with Gasteiger partial charge in [-0.2, -0.15) is 0 Å². The Hall–Kier alpha value is -0.680. The average molecular weight is 363 g/mol. The molecule has 1 aliphatic rings. The highest BCUT2D eigenvalue weighted by molar-refractivity contribution is 9.10. The van der Waals surface area contributed by atoms with Crippen molar-refractivity contribution in [1.82, 2.24) is 0 Å². The summed E-state index contributed by atoms with van der Waals surface area (Å²) in [6.07, 6.45) is 2.92. The van der Waals surface area contributed by atoms with E-state index >= 15 is 0 Å². The molecule has 1 aliphatic carbocycles. The Kier molecular flexibility index (Phi) is 5.60. The summed E-state index contributed by atoms with van der Waals surface area (Å²) in [6.45, 7) is 0.938. The monoisotopic (exact) mass is 362 g/mol. The molecule has 0 spiro atoms. The van der Waals surface area contributed by atoms with Crippen LogP contribution in [0.25, 0.3) is 0 Å². The summed E-state index contributed by atoms with van der Waals surface area (Å²) in [4.78, 5) is 0. The van der Waals surface area contributed by atoms with Crippen molar-refractivity contribution in [1.29, 1.82) is 0 Å². The van der Waals surface area contributed by atoms with Crippen molar-refractivity contribution in [2.75, 3.05) is 6.61 Å². The molecule has 2 nitrogen and oxygen atoms in total. The van der Waals surface area contributed by atoms with Crippen molar-refractivity contribution in [2.24, 2.45) is 5.92 Å². The number of alkyl halides is 2. The van der Waals surface area contributed by atoms with E-state index in [9.17, 15) is 8.78 Å². The molecule has 118 valence electrons. The van der Waals surface area contributed by atoms with Crippen molar-refractivity contribution in [3.8, 4) is 5.75 Å². The molecule has 0 atom stereocenters. The van der Waals surface area contributed by atoms with Crippen LogP contribution in [0.1, 0.15) is 37.7 Å². The number of aliphatic hydroxyl groups is 1. The standard InChI is InChI=1S/C16H21BrF2O2/c1-11-14(17)3-2-4-15(11)21-13-7-5-12(6-8-13)9-16(18,19)10-20/h2-4,12-13,20H,5-10H2,1H3. The molecule has 1 saturated carbocycles. The van der Waals surface area contributed by atoms with Gasteiger partial charge in [0.2, 0.25) is 0 Å². The van der Waals surface area contributed by atoms with Crippen LogP contribution in [0, 0.1) is 12.8 Å². The van der Waals surface area contributed by atoms with Crippen molar-refractivity contribution in [3.05, 3.63) is 28.2 Å². The Morgan fingerprint density at radius 3 is 2.57 bits per heavy atom. The van der Waals surface area contributed by atoms with Gasteiger partial charge < -0.3 is 9.84 Å². The zero-order valence-electron chi connectivity index (χ0n) is 12.1. The summed E-state index contributed by atoms with van der Waals surface area (Å²) in [6, 6.07) is 5.84. The molecule has 1 fully saturated rings. The Morgan fingerprint density at radius 1 is 1.29 bits per heavy atom. The second-order valence-electron chi connectivity index (χ2n) is 5.84. The first-order valence-electron chi connectivity index (χ1n) is 7.32. The number of halogens is 3. The number of hydrogen-bond acceptors (Lipinski definition) is 2. The van der Waals surface area contributed by atoms with E-state index in [0.29, 0.717) is 0 Å². The topological polar surface area (TPSA) is 29.5 Å². The van der Waals surface area contributed by atoms with Crippen molar-refractivity contribution in [2.45, 2.75) is 51.1 Å². The van der Waals surface area contributed by atoms with Crippen LogP contribution in [0.2, 0.25) is 0 Å². The molecule has 0 radical (unpaired) electrons. The highest BCUT2D eigenvalue weighted by Gasteiger charge is 2.34. The molecule has 0 amide bonds. The molecule has 1 aromatic rings. The molecule has 1 N–H and O–H groups in total. The van der Waals surface area contributed by atoms with Crippen LogP contribution in [0.5, 0.6) is 5.75 Å². The summed E-state index contributed by atoms with van der Waals surface area (Å²) >= 11 is 3.47. The van der Waals surface area contributed by atoms with Gasteiger partial charge in [-0.25, -0.2) is 8.78 Å². The molecule has 0 bridgehead atoms. The number of hydrogen-bond donors (Lipinski definition) is 1. The molecule has 0 heterocycles. The molecule has 2 rings (SSSR count). The third-order valence-corrected chi connectivity index (χ3v) is 4.98. The predicted molar refractivity (Wildman–Crippen MR) is 81.9 cm³/mol. The lowest BCUT2D eigenvalue weighted by molar-refractivity contribution is -0.0731. The number of benzene rings is 1. The molecule has 0 saturated heterocycles. The van der Waals surface area contributed by atoms with Crippen LogP contribution >= 0.6 is 15.9 Å². The van der Waals surface area contributed by atoms with Crippen LogP contribution in [0.15, 0.2) is 22.7 Å². The maximum Gasteiger partial charge on any atom is 0.270 e. The first kappa shape index (κ1) is 16.7. The van der Waals surface area contributed by atoms with E-state index < -0.39 is 12.5 Å². The van der Waals surface area contributed by atoms with Crippen molar-refractivity contribution < 1.29 is 18.6 Å². The average Bonchev–Trinajstić information content (AvgIpc) is 2.46. The van der Waals surface area contributed by atoms with E-state index in [2.05, 4.69) is 15.9 Å². The Morgan fingerprint density at radius 2 is 1.95 bits per heavy atom. The van der Waals surface area contributed by atoms with Crippen LogP contribution in [-0.2, 0) is 0 Å². The normalized spacial score (nSPS) is 23.1. The second-order valence-corrected chi connectivity index (χ2v) is 6.70. The molecule has 21 heavy (non-hydrogen) atoms. The van der Waals surface area contributed by atoms with E-state index in [1.165, 1.54) is 0 Å². The van der Waals surface area contributed by atoms with E-state index in [1.54, 1.807) is 0 Å². The van der Waals surface area contributed by atoms with Gasteiger partial charge in [0.25, 0.3) is 5.92 Å². The number of rotatable bonds is 5. The first-order chi connectivity index (χ1) is 9.91. The predicted octanol–water partition coefficient (Wildman–Crippen LogP) is 4.71. The quantitative estimate of drug-likeness (QED) is 0.821. The molecule has 5 heteroatoms. The Labute approximate surface area is 132 Å². The van der Waals surface area contributed by atoms with Gasteiger partial charge >= 0.3 is 0 Å². The summed E-state index contributed by atoms with van der Waals surface area (Å²) in [7, 11) is 0. The van der Waals surface area contributed by atoms with Crippen LogP contribution in [-0.4, -0.2) is 23.7 Å². The molecule has 0 unspecified atom stereocenters. The second kappa shape index (κ2) is 7.05. The summed E-state index contributed by atoms with van der Waals surface area (Å²) in [5, 5.41) is 8.65. The molecular formula is C16H21BrF2O2. The van der Waals surface area contributed by atoms with Crippen LogP contribution in [0.4, 0.5) is 8.78 Å². The largest absolute Gasteiger partial charge is 0.490 e. The van der Waals surface area contributed by atoms with Gasteiger partial charge in [-0.3, -0.25) is 0 Å². The van der Waals surface area contributed by atoms with Gasteiger partial charge in [0.05, 0.1) is 6.10 Å². The van der Waals surface area contributed by atoms with Gasteiger partial charge in [-0.05, 0) is 50.7 Å². The third kappa shape index (κ3) is 4.65. The lowest BCUT2D eigenvalue weighted by Gasteiger charge is -2.31. The van der Waals surface area contributed by atoms with E-state index in [1.807, 2.05) is 25.1 Å². The molecule has 1 aromatic carbocycles. The van der Waals surface area contributed by atoms with Crippen LogP contribution < -0.4 is 4.74 Å². The van der Waals surface area contributed by atoms with Gasteiger partial charge in [-0.15, -0.1) is 0 Å². The number of aliphatic hydroxyl groups excluding tert-OH is 1. The fourth-order valence-corrected chi connectivity index (χ4v) is 3.18. The van der Waals surface area contributed by atoms with E-state index in [0.717, 1.165) is 41.5 Å². The minimum atomic E-state index is -2.95. The van der Waals surface area contributed by atoms with E-state index in [4.69, 9.17) is 9.84 Å². The number of ether oxygens (including phenoxy) is 1. The lowest BCUT2D eigenvalue weighted by Crippen LogP contribution is -2.30. The van der Waals surface area contributed by atoms with Crippen molar-refractivity contribution >= 4 is 15.9 Å². The maximum atomic E-state index is 13.2. The van der Waals surface area contributed by atoms with Gasteiger partial charge in [0, 0.05) is 16.5 Å². The molecule has 0 aliphatic heterocycles. The maximum absolute atomic E-state index is 13.2. The van der Waals surface area contributed by atoms with Crippen molar-refractivity contribution in [3.63, 3.8) is 0 Å². The fourth-order valence-electron chi connectivity index (χ4n) is 2.84. The Balaban J connectivity index is 1.86.